The zero-order valence-electron chi connectivity index (χ0n) is 21.5. The number of hydrogen-bond donors (Lipinski definition) is 1. The molecule has 3 heterocycles. The van der Waals surface area contributed by atoms with Crippen molar-refractivity contribution in [1.82, 2.24) is 14.8 Å². The van der Waals surface area contributed by atoms with Crippen LogP contribution in [0.2, 0.25) is 0 Å². The van der Waals surface area contributed by atoms with Crippen LogP contribution in [0.15, 0.2) is 79.0 Å². The van der Waals surface area contributed by atoms with E-state index in [-0.39, 0.29) is 43.4 Å². The molecular formula is C30H23F3N4O4. The van der Waals surface area contributed by atoms with Gasteiger partial charge in [-0.1, -0.05) is 24.3 Å². The van der Waals surface area contributed by atoms with E-state index < -0.39 is 29.6 Å². The Morgan fingerprint density at radius 3 is 2.63 bits per heavy atom. The second kappa shape index (κ2) is 10.2. The summed E-state index contributed by atoms with van der Waals surface area (Å²) in [6.07, 6.45) is -2.84. The Labute approximate surface area is 232 Å². The van der Waals surface area contributed by atoms with E-state index in [0.29, 0.717) is 16.9 Å². The number of aromatic nitrogens is 1. The molecule has 2 aliphatic heterocycles. The zero-order chi connectivity index (χ0) is 28.7. The number of halogens is 3. The fraction of sp³-hybridized carbons (Fsp3) is 0.200. The lowest BCUT2D eigenvalue weighted by Crippen LogP contribution is -2.60. The van der Waals surface area contributed by atoms with Gasteiger partial charge in [0.25, 0.3) is 11.8 Å². The highest BCUT2D eigenvalue weighted by molar-refractivity contribution is 6.10. The van der Waals surface area contributed by atoms with Gasteiger partial charge in [0.05, 0.1) is 28.9 Å². The van der Waals surface area contributed by atoms with Crippen LogP contribution in [0, 0.1) is 0 Å². The van der Waals surface area contributed by atoms with Crippen LogP contribution in [0.5, 0.6) is 5.75 Å². The number of hydrogen-bond acceptors (Lipinski definition) is 5. The highest BCUT2D eigenvalue weighted by Gasteiger charge is 2.40. The summed E-state index contributed by atoms with van der Waals surface area (Å²) in [7, 11) is 0. The molecule has 3 aromatic carbocycles. The Kier molecular flexibility index (Phi) is 6.56. The largest absolute Gasteiger partial charge is 0.484 e. The number of alkyl halides is 3. The van der Waals surface area contributed by atoms with Crippen molar-refractivity contribution in [2.75, 3.05) is 31.6 Å². The van der Waals surface area contributed by atoms with Gasteiger partial charge in [0.15, 0.2) is 6.61 Å². The van der Waals surface area contributed by atoms with Crippen molar-refractivity contribution in [3.05, 3.63) is 90.1 Å². The summed E-state index contributed by atoms with van der Waals surface area (Å²) in [6, 6.07) is 17.5. The number of rotatable bonds is 4. The molecule has 208 valence electrons. The highest BCUT2D eigenvalue weighted by atomic mass is 19.4. The molecule has 1 unspecified atom stereocenters. The van der Waals surface area contributed by atoms with Gasteiger partial charge >= 0.3 is 6.18 Å². The number of fused-ring (bicyclic) bond motifs is 3. The first-order valence-corrected chi connectivity index (χ1v) is 12.9. The van der Waals surface area contributed by atoms with Crippen LogP contribution in [0.1, 0.15) is 15.9 Å². The van der Waals surface area contributed by atoms with Crippen molar-refractivity contribution >= 4 is 34.3 Å². The number of nitrogens with zero attached hydrogens (tertiary/aromatic N) is 3. The van der Waals surface area contributed by atoms with Crippen molar-refractivity contribution in [1.29, 1.82) is 0 Å². The molecule has 1 fully saturated rings. The third-order valence-corrected chi connectivity index (χ3v) is 7.27. The molecule has 3 amide bonds. The van der Waals surface area contributed by atoms with E-state index in [9.17, 15) is 27.6 Å². The van der Waals surface area contributed by atoms with Crippen LogP contribution in [0.3, 0.4) is 0 Å². The lowest BCUT2D eigenvalue weighted by molar-refractivity contribution is -0.138. The third-order valence-electron chi connectivity index (χ3n) is 7.27. The summed E-state index contributed by atoms with van der Waals surface area (Å²) in [5.74, 6) is -0.746. The predicted molar refractivity (Wildman–Crippen MR) is 144 cm³/mol. The fourth-order valence-electron chi connectivity index (χ4n) is 5.10. The van der Waals surface area contributed by atoms with Crippen LogP contribution in [-0.4, -0.2) is 64.8 Å². The van der Waals surface area contributed by atoms with Gasteiger partial charge in [0.1, 0.15) is 11.8 Å². The van der Waals surface area contributed by atoms with Crippen molar-refractivity contribution < 1.29 is 32.3 Å². The monoisotopic (exact) mass is 560 g/mol. The molecule has 4 aromatic rings. The topological polar surface area (TPSA) is 91.8 Å². The fourth-order valence-corrected chi connectivity index (χ4v) is 5.10. The van der Waals surface area contributed by atoms with E-state index in [1.807, 2.05) is 18.2 Å². The van der Waals surface area contributed by atoms with Crippen molar-refractivity contribution in [2.45, 2.75) is 12.2 Å². The maximum Gasteiger partial charge on any atom is 0.416 e. The van der Waals surface area contributed by atoms with Gasteiger partial charge < -0.3 is 19.9 Å². The first-order valence-electron chi connectivity index (χ1n) is 12.9. The van der Waals surface area contributed by atoms with Crippen molar-refractivity contribution in [3.8, 4) is 16.9 Å². The maximum atomic E-state index is 13.5. The van der Waals surface area contributed by atoms with Gasteiger partial charge in [-0.3, -0.25) is 19.4 Å². The number of carbonyl (C=O) groups excluding carboxylic acids is 3. The molecular weight excluding hydrogens is 537 g/mol. The average Bonchev–Trinajstić information content (AvgIpc) is 3.08. The smallest absolute Gasteiger partial charge is 0.416 e. The molecule has 0 saturated carbocycles. The van der Waals surface area contributed by atoms with Gasteiger partial charge in [0.2, 0.25) is 5.91 Å². The number of pyridine rings is 1. The minimum absolute atomic E-state index is 0.0203. The standard InChI is InChI=1S/C30H23F3N4O4/c31-30(32,33)21-5-1-3-19(13-21)20-7-9-24-23(14-20)29(40)37-12-11-36(16-26(37)28(39)35-24)27(38)17-41-22-8-6-18-4-2-10-34-25(18)15-22/h1-10,13-15,26H,11-12,16-17H2,(H,35,39). The lowest BCUT2D eigenvalue weighted by atomic mass is 9.99. The molecule has 11 heteroatoms. The quantitative estimate of drug-likeness (QED) is 0.394. The summed E-state index contributed by atoms with van der Waals surface area (Å²) in [4.78, 5) is 46.8. The van der Waals surface area contributed by atoms with E-state index in [2.05, 4.69) is 10.3 Å². The Bertz CT molecular complexity index is 1690. The summed E-state index contributed by atoms with van der Waals surface area (Å²) in [5.41, 5.74) is 1.06. The molecule has 0 bridgehead atoms. The maximum absolute atomic E-state index is 13.5. The molecule has 6 rings (SSSR count). The van der Waals surface area contributed by atoms with Crippen LogP contribution < -0.4 is 10.1 Å². The normalized spacial score (nSPS) is 17.0. The van der Waals surface area contributed by atoms with Crippen LogP contribution in [-0.2, 0) is 15.8 Å². The molecule has 1 N–H and O–H groups in total. The third kappa shape index (κ3) is 5.18. The van der Waals surface area contributed by atoms with E-state index in [1.165, 1.54) is 34.1 Å². The lowest BCUT2D eigenvalue weighted by Gasteiger charge is -2.39. The molecule has 0 radical (unpaired) electrons. The van der Waals surface area contributed by atoms with Gasteiger partial charge in [0, 0.05) is 30.7 Å². The van der Waals surface area contributed by atoms with Crippen LogP contribution in [0.25, 0.3) is 22.0 Å². The Balaban J connectivity index is 1.17. The van der Waals surface area contributed by atoms with E-state index in [4.69, 9.17) is 4.74 Å². The van der Waals surface area contributed by atoms with Crippen molar-refractivity contribution in [3.63, 3.8) is 0 Å². The molecule has 2 aliphatic rings. The molecule has 1 saturated heterocycles. The number of benzene rings is 3. The second-order valence-corrected chi connectivity index (χ2v) is 9.83. The van der Waals surface area contributed by atoms with E-state index in [0.717, 1.165) is 23.0 Å². The highest BCUT2D eigenvalue weighted by Crippen LogP contribution is 2.34. The SMILES string of the molecule is O=C1Nc2ccc(-c3cccc(C(F)(F)F)c3)cc2C(=O)N2CCN(C(=O)COc3ccc4cccnc4c3)CC12. The number of carbonyl (C=O) groups is 3. The second-order valence-electron chi connectivity index (χ2n) is 9.83. The van der Waals surface area contributed by atoms with E-state index >= 15 is 0 Å². The molecule has 1 atom stereocenters. The number of anilines is 1. The molecule has 0 spiro atoms. The summed E-state index contributed by atoms with van der Waals surface area (Å²) in [5, 5.41) is 3.68. The average molecular weight is 561 g/mol. The Morgan fingerprint density at radius 1 is 0.976 bits per heavy atom. The minimum Gasteiger partial charge on any atom is -0.484 e. The molecule has 41 heavy (non-hydrogen) atoms. The number of ether oxygens (including phenoxy) is 1. The molecule has 1 aromatic heterocycles. The summed E-state index contributed by atoms with van der Waals surface area (Å²) in [6.45, 7) is 0.0319. The van der Waals surface area contributed by atoms with Gasteiger partial charge in [-0.25, -0.2) is 0 Å². The number of piperazine rings is 1. The molecule has 0 aliphatic carbocycles. The van der Waals surface area contributed by atoms with E-state index in [1.54, 1.807) is 24.4 Å². The first kappa shape index (κ1) is 26.3. The minimum atomic E-state index is -4.51. The molecule has 8 nitrogen and oxygen atoms in total. The zero-order valence-corrected chi connectivity index (χ0v) is 21.5. The predicted octanol–water partition coefficient (Wildman–Crippen LogP) is 4.60. The van der Waals surface area contributed by atoms with Crippen LogP contribution >= 0.6 is 0 Å². The summed E-state index contributed by atoms with van der Waals surface area (Å²) >= 11 is 0. The number of amides is 3. The summed E-state index contributed by atoms with van der Waals surface area (Å²) < 4.78 is 45.4. The van der Waals surface area contributed by atoms with Gasteiger partial charge in [-0.15, -0.1) is 0 Å². The van der Waals surface area contributed by atoms with Gasteiger partial charge in [-0.05, 0) is 53.6 Å². The Morgan fingerprint density at radius 2 is 1.80 bits per heavy atom. The number of nitrogens with one attached hydrogen (secondary N) is 1. The van der Waals surface area contributed by atoms with Crippen molar-refractivity contribution in [2.24, 2.45) is 0 Å². The Hall–Kier alpha value is -4.93. The van der Waals surface area contributed by atoms with Crippen LogP contribution in [0.4, 0.5) is 18.9 Å². The first-order chi connectivity index (χ1) is 19.7. The van der Waals surface area contributed by atoms with Gasteiger partial charge in [-0.2, -0.15) is 13.2 Å².